The van der Waals surface area contributed by atoms with E-state index >= 15 is 0 Å². The van der Waals surface area contributed by atoms with Crippen LogP contribution >= 0.6 is 0 Å². The summed E-state index contributed by atoms with van der Waals surface area (Å²) >= 11 is 0. The molecule has 1 aromatic rings. The van der Waals surface area contributed by atoms with Crippen molar-refractivity contribution in [1.82, 2.24) is 0 Å². The molecule has 0 aliphatic heterocycles. The van der Waals surface area contributed by atoms with Crippen LogP contribution in [0.5, 0.6) is 0 Å². The number of benzene rings is 1. The predicted molar refractivity (Wildman–Crippen MR) is 43.2 cm³/mol. The summed E-state index contributed by atoms with van der Waals surface area (Å²) in [6.07, 6.45) is 0.903. The van der Waals surface area contributed by atoms with Crippen molar-refractivity contribution in [2.24, 2.45) is 5.73 Å². The minimum absolute atomic E-state index is 0. The number of nitrogens with two attached hydrogens (primary N) is 1. The Labute approximate surface area is 103 Å². The van der Waals surface area contributed by atoms with E-state index in [1.165, 1.54) is 5.56 Å². The third kappa shape index (κ3) is 4.10. The fourth-order valence-electron chi connectivity index (χ4n) is 0.838. The van der Waals surface area contributed by atoms with Crippen molar-refractivity contribution in [3.8, 4) is 0 Å². The fourth-order valence-corrected chi connectivity index (χ4v) is 0.838. The number of rotatable bonds is 2. The van der Waals surface area contributed by atoms with Crippen LogP contribution in [0.15, 0.2) is 24.3 Å². The zero-order valence-corrected chi connectivity index (χ0v) is 11.1. The molecule has 0 aliphatic carbocycles. The maximum absolute atomic E-state index is 7.19. The molecule has 0 atom stereocenters. The van der Waals surface area contributed by atoms with Crippen molar-refractivity contribution in [1.29, 1.82) is 0 Å². The van der Waals surface area contributed by atoms with Crippen LogP contribution in [0.1, 0.15) is 5.56 Å². The number of hydrogen-bond acceptors (Lipinski definition) is 1. The van der Waals surface area contributed by atoms with Crippen molar-refractivity contribution in [2.45, 2.75) is 6.42 Å². The molecule has 0 saturated heterocycles. The van der Waals surface area contributed by atoms with Gasteiger partial charge in [-0.05, 0) is 18.5 Å². The van der Waals surface area contributed by atoms with Crippen LogP contribution in [0.4, 0.5) is 5.69 Å². The molecule has 0 aliphatic rings. The van der Waals surface area contributed by atoms with Crippen LogP contribution in [-0.4, -0.2) is 6.54 Å². The maximum atomic E-state index is 7.19. The van der Waals surface area contributed by atoms with Gasteiger partial charge < -0.3 is 11.5 Å². The third-order valence-corrected chi connectivity index (χ3v) is 1.39. The molecule has 57 valence electrons. The van der Waals surface area contributed by atoms with Crippen LogP contribution < -0.4 is 5.73 Å². The number of hydrogen-bond donors (Lipinski definition) is 1. The molecule has 11 heavy (non-hydrogen) atoms. The van der Waals surface area contributed by atoms with Crippen LogP contribution in [0.2, 0.25) is 0 Å². The maximum Gasteiger partial charge on any atom is 0 e. The van der Waals surface area contributed by atoms with Crippen LogP contribution in [0.3, 0.4) is 0 Å². The quantitative estimate of drug-likeness (QED) is 0.858. The summed E-state index contributed by atoms with van der Waals surface area (Å²) in [7, 11) is 0. The molecule has 0 unspecified atom stereocenters. The first-order chi connectivity index (χ1) is 4.83. The molecule has 0 fully saturated rings. The van der Waals surface area contributed by atoms with Gasteiger partial charge in [-0.25, -0.2) is 0 Å². The van der Waals surface area contributed by atoms with Gasteiger partial charge in [-0.3, -0.25) is 0 Å². The van der Waals surface area contributed by atoms with Gasteiger partial charge in [-0.15, -0.1) is 5.69 Å². The van der Waals surface area contributed by atoms with E-state index in [0.717, 1.165) is 6.42 Å². The van der Waals surface area contributed by atoms with Gasteiger partial charge in [-0.2, -0.15) is 0 Å². The van der Waals surface area contributed by atoms with Gasteiger partial charge in [0.15, 0.2) is 0 Å². The summed E-state index contributed by atoms with van der Waals surface area (Å²) in [4.78, 5) is 0. The van der Waals surface area contributed by atoms with E-state index < -0.39 is 0 Å². The Morgan fingerprint density at radius 1 is 1.18 bits per heavy atom. The van der Waals surface area contributed by atoms with Gasteiger partial charge in [0.05, 0.1) is 0 Å². The second-order valence-corrected chi connectivity index (χ2v) is 2.24. The smallest absolute Gasteiger partial charge is 0 e. The molecule has 0 aromatic heterocycles. The Balaban J connectivity index is 0.000001000. The van der Waals surface area contributed by atoms with Crippen molar-refractivity contribution in [3.05, 3.63) is 35.6 Å². The summed E-state index contributed by atoms with van der Waals surface area (Å²) in [6.45, 7) is 0.678. The van der Waals surface area contributed by atoms with Crippen molar-refractivity contribution in [2.75, 3.05) is 6.54 Å². The zero-order valence-electron chi connectivity index (χ0n) is 6.38. The molecule has 3 heteroatoms. The fraction of sp³-hybridized carbons (Fsp3) is 0.250. The third-order valence-electron chi connectivity index (χ3n) is 1.39. The van der Waals surface area contributed by atoms with Crippen LogP contribution in [-0.2, 0) is 6.42 Å². The Kier molecular flexibility index (Phi) is 6.23. The molecule has 1 rings (SSSR count). The van der Waals surface area contributed by atoms with Crippen molar-refractivity contribution in [3.63, 3.8) is 0 Å². The second-order valence-electron chi connectivity index (χ2n) is 2.24. The van der Waals surface area contributed by atoms with E-state index in [9.17, 15) is 0 Å². The molecule has 0 spiro atoms. The molecule has 2 nitrogen and oxygen atoms in total. The SMILES string of the molecule is [Ac].[NH-]c1ccc(CCN)cc1. The topological polar surface area (TPSA) is 49.8 Å². The molecular formula is C8H11AcN2-. The average molecular weight is 362 g/mol. The Hall–Kier alpha value is 0.422. The second kappa shape index (κ2) is 6.00. The summed E-state index contributed by atoms with van der Waals surface area (Å²) < 4.78 is 0. The zero-order chi connectivity index (χ0) is 7.40. The summed E-state index contributed by atoms with van der Waals surface area (Å²) in [5.74, 6) is 0. The molecule has 0 saturated carbocycles. The summed E-state index contributed by atoms with van der Waals surface area (Å²) in [6, 6.07) is 7.44. The van der Waals surface area contributed by atoms with E-state index in [-0.39, 0.29) is 44.1 Å². The van der Waals surface area contributed by atoms with Gasteiger partial charge in [0, 0.05) is 44.1 Å². The van der Waals surface area contributed by atoms with Gasteiger partial charge in [0.25, 0.3) is 0 Å². The first-order valence-corrected chi connectivity index (χ1v) is 3.33. The average Bonchev–Trinajstić information content (AvgIpc) is 1.95. The molecule has 0 heterocycles. The van der Waals surface area contributed by atoms with Crippen molar-refractivity contribution < 1.29 is 44.1 Å². The normalized spacial score (nSPS) is 8.82. The summed E-state index contributed by atoms with van der Waals surface area (Å²) in [5.41, 5.74) is 14.3. The molecule has 1 aromatic carbocycles. The largest absolute Gasteiger partial charge is 0.699 e. The van der Waals surface area contributed by atoms with Crippen LogP contribution in [0, 0.1) is 44.1 Å². The van der Waals surface area contributed by atoms with E-state index in [4.69, 9.17) is 11.5 Å². The Morgan fingerprint density at radius 3 is 2.18 bits per heavy atom. The van der Waals surface area contributed by atoms with E-state index in [2.05, 4.69) is 0 Å². The van der Waals surface area contributed by atoms with Gasteiger partial charge in [-0.1, -0.05) is 24.3 Å². The molecule has 0 amide bonds. The Bertz CT molecular complexity index is 196. The standard InChI is InChI=1S/C8H11N2.Ac/c9-6-5-7-1-3-8(10)4-2-7;/h1-4,10H,5-6,9H2;/q-1;. The minimum Gasteiger partial charge on any atom is -0.699 e. The van der Waals surface area contributed by atoms with E-state index in [1.807, 2.05) is 12.1 Å². The first kappa shape index (κ1) is 11.4. The van der Waals surface area contributed by atoms with Gasteiger partial charge in [0.1, 0.15) is 0 Å². The predicted octanol–water partition coefficient (Wildman–Crippen LogP) is 1.87. The molecule has 1 radical (unpaired) electrons. The van der Waals surface area contributed by atoms with Crippen LogP contribution in [0.25, 0.3) is 5.73 Å². The summed E-state index contributed by atoms with van der Waals surface area (Å²) in [5, 5.41) is 0. The first-order valence-electron chi connectivity index (χ1n) is 3.33. The minimum atomic E-state index is 0. The van der Waals surface area contributed by atoms with E-state index in [0.29, 0.717) is 12.2 Å². The molecule has 3 N–H and O–H groups in total. The molecule has 0 bridgehead atoms. The van der Waals surface area contributed by atoms with Gasteiger partial charge in [0.2, 0.25) is 0 Å². The van der Waals surface area contributed by atoms with E-state index in [1.54, 1.807) is 12.1 Å². The Morgan fingerprint density at radius 2 is 1.73 bits per heavy atom. The monoisotopic (exact) mass is 362 g/mol. The molecular weight excluding hydrogens is 351 g/mol. The number of nitrogens with one attached hydrogen (secondary N) is 1. The van der Waals surface area contributed by atoms with Gasteiger partial charge >= 0.3 is 0 Å². The van der Waals surface area contributed by atoms with Crippen molar-refractivity contribution >= 4 is 5.69 Å².